The van der Waals surface area contributed by atoms with Crippen LogP contribution in [0.15, 0.2) is 61.0 Å². The summed E-state index contributed by atoms with van der Waals surface area (Å²) in [4.78, 5) is 80.3. The predicted molar refractivity (Wildman–Crippen MR) is 353 cm³/mol. The molecule has 5 aromatic rings. The molecule has 0 spiro atoms. The second-order valence-corrected chi connectivity index (χ2v) is 23.1. The highest BCUT2D eigenvalue weighted by atomic mass is 19.1. The number of aromatic nitrogens is 12. The lowest BCUT2D eigenvalue weighted by Gasteiger charge is -2.28. The summed E-state index contributed by atoms with van der Waals surface area (Å²) in [5, 5.41) is 100. The van der Waals surface area contributed by atoms with Crippen molar-refractivity contribution in [3.63, 3.8) is 0 Å². The fourth-order valence-electron chi connectivity index (χ4n) is 11.0. The monoisotopic (exact) mass is 1520 g/mol. The van der Waals surface area contributed by atoms with Gasteiger partial charge in [0.1, 0.15) is 118 Å². The quantitative estimate of drug-likeness (QED) is 0.0456. The van der Waals surface area contributed by atoms with Gasteiger partial charge >= 0.3 is 28.4 Å². The van der Waals surface area contributed by atoms with Gasteiger partial charge in [-0.2, -0.15) is 34.7 Å². The summed E-state index contributed by atoms with van der Waals surface area (Å²) >= 11 is 0. The van der Waals surface area contributed by atoms with E-state index in [2.05, 4.69) is 88.3 Å². The van der Waals surface area contributed by atoms with Crippen LogP contribution in [0.4, 0.5) is 55.6 Å². The van der Waals surface area contributed by atoms with Crippen LogP contribution in [-0.2, 0) is 23.7 Å². The average molecular weight is 1530 g/mol. The van der Waals surface area contributed by atoms with Gasteiger partial charge in [-0.05, 0) is 19.1 Å². The number of aryl methyl sites for hydroxylation is 1. The zero-order chi connectivity index (χ0) is 79.8. The Morgan fingerprint density at radius 2 is 0.804 bits per heavy atom. The smallest absolute Gasteiger partial charge is 0.368 e. The van der Waals surface area contributed by atoms with E-state index in [1.807, 2.05) is 5.92 Å². The van der Waals surface area contributed by atoms with E-state index in [9.17, 15) is 91.2 Å². The van der Waals surface area contributed by atoms with Gasteiger partial charge in [0.2, 0.25) is 5.95 Å². The molecule has 5 aromatic heterocycles. The number of aliphatic hydroxyl groups is 10. The molecule has 0 saturated carbocycles. The molecule has 48 heteroatoms. The molecule has 0 radical (unpaired) electrons. The third kappa shape index (κ3) is 18.1. The number of alkyl halides is 5. The number of nitrogens with zero attached hydrogens (tertiary/aromatic N) is 12. The van der Waals surface area contributed by atoms with Gasteiger partial charge in [-0.15, -0.1) is 0 Å². The van der Waals surface area contributed by atoms with Gasteiger partial charge in [0, 0.05) is 11.9 Å². The molecule has 20 atom stereocenters. The molecule has 0 aliphatic carbocycles. The molecular formula is C59H74F6N22O20. The molecule has 30 N–H and O–H groups in total. The van der Waals surface area contributed by atoms with Gasteiger partial charge in [0.05, 0.1) is 45.4 Å². The highest BCUT2D eigenvalue weighted by molar-refractivity contribution is 5.34. The molecule has 42 nitrogen and oxygen atoms in total. The maximum atomic E-state index is 13.5. The Bertz CT molecular complexity index is 4350. The Morgan fingerprint density at radius 1 is 0.458 bits per heavy atom. The molecule has 5 unspecified atom stereocenters. The van der Waals surface area contributed by atoms with Crippen LogP contribution in [0.5, 0.6) is 0 Å². The molecule has 0 aromatic carbocycles. The van der Waals surface area contributed by atoms with E-state index in [0.717, 1.165) is 30.9 Å². The number of aliphatic hydroxyl groups excluding tert-OH is 10. The molecule has 5 aliphatic heterocycles. The molecule has 5 fully saturated rings. The molecule has 0 bridgehead atoms. The summed E-state index contributed by atoms with van der Waals surface area (Å²) in [6.45, 7) is -6.24. The minimum Gasteiger partial charge on any atom is -0.394 e. The fraction of sp³-hybridized carbons (Fsp3) is 0.525. The van der Waals surface area contributed by atoms with Gasteiger partial charge in [-0.3, -0.25) is 18.3 Å². The van der Waals surface area contributed by atoms with Gasteiger partial charge in [0.25, 0.3) is 0 Å². The fourth-order valence-corrected chi connectivity index (χ4v) is 11.0. The molecule has 10 heterocycles. The SMILES string of the molecule is Cc1cc(N)nc(=O)n1[C@@H]1O[C@H](CO)[C@H](O)C1(N)C#CCF.Nc1ccn([C@@H]2O[C@H](CO)[C@H](O)C2(N)C#CCF)c(=O)n1.Nc1cnn([C@@H]2O[C@H](CO)[C@H](O)C2(N)C#CCF)c(=O)n1.Nc1nc(=O)n([C@@H]2O[C@H](CO)[C@H](O)C2(N)C#CCF)cc1F.Nc1ncn([C@@H]2O[C@H](CO)[C@H](O)C2(N)C#CCF)c(=O)n1. The Morgan fingerprint density at radius 3 is 1.19 bits per heavy atom. The van der Waals surface area contributed by atoms with E-state index in [-0.39, 0.29) is 23.4 Å². The Hall–Kier alpha value is -10.2. The van der Waals surface area contributed by atoms with Gasteiger partial charge < -0.3 is 132 Å². The van der Waals surface area contributed by atoms with Crippen molar-refractivity contribution in [2.45, 2.75) is 127 Å². The van der Waals surface area contributed by atoms with E-state index in [0.29, 0.717) is 16.5 Å². The molecule has 107 heavy (non-hydrogen) atoms. The first-order valence-corrected chi connectivity index (χ1v) is 30.6. The average Bonchev–Trinajstić information content (AvgIpc) is 1.65. The summed E-state index contributed by atoms with van der Waals surface area (Å²) in [5.41, 5.74) is 43.6. The summed E-state index contributed by atoms with van der Waals surface area (Å²) in [7, 11) is 0. The zero-order valence-corrected chi connectivity index (χ0v) is 55.7. The van der Waals surface area contributed by atoms with Crippen molar-refractivity contribution in [2.24, 2.45) is 28.7 Å². The molecule has 582 valence electrons. The van der Waals surface area contributed by atoms with Crippen molar-refractivity contribution in [1.82, 2.24) is 58.0 Å². The zero-order valence-electron chi connectivity index (χ0n) is 55.7. The lowest BCUT2D eigenvalue weighted by molar-refractivity contribution is -0.0528. The third-order valence-corrected chi connectivity index (χ3v) is 16.2. The lowest BCUT2D eigenvalue weighted by Crippen LogP contribution is -2.55. The maximum Gasteiger partial charge on any atom is 0.368 e. The first-order chi connectivity index (χ1) is 50.5. The van der Waals surface area contributed by atoms with Crippen LogP contribution in [0.2, 0.25) is 0 Å². The standard InChI is InChI=1S/C13H17FN4O4.C12H14F2N4O4.C12H15FN4O4.2C11H14FN5O4/c1-7-5-9(15)17-12(21)18(7)11-13(16,3-2-4-14)10(20)8(6-19)22-11;13-3-1-2-12(16)8(20)7(5-19)22-10(12)18-4-6(14)9(15)17-11(18)21;13-4-1-3-12(15)9(19)7(6-18)21-10(12)17-5-2-8(14)16-11(17)20;12-3-1-2-11(14)8(19)6(5-18)21-9(11)17-10(20)16-7(13)4-15-17;12-3-1-2-11(14)7(19)6(4-18)21-8(11)17-5-15-9(13)16-10(17)20/h5,8,10-11,19-20H,4,6,16H2,1H3,(H2,15,17,21);4,7-8,10,19-20H,3,5,16H2,(H2,15,17,21);2,5,7,9-10,18-19H,4,6,15H2,(H2,14,16,20);4,6,8-9,18-19H,3,5,14H2,(H2,13,16,20);5-8,18-19H,3-4,14H2,(H2,13,16,20)/t8-,10+,11-,13?;7-,8+,10-,12?;7-,9+,10-,12?;6-,8+,9-,11?;6-,7+,8-,11?/m11111/s1. The topological polar surface area (TPSA) is 709 Å². The summed E-state index contributed by atoms with van der Waals surface area (Å²) in [6, 6.07) is 2.76. The van der Waals surface area contributed by atoms with Crippen LogP contribution in [0.3, 0.4) is 0 Å². The minimum atomic E-state index is -1.94. The minimum absolute atomic E-state index is 0.00553. The number of rotatable bonds is 10. The summed E-state index contributed by atoms with van der Waals surface area (Å²) in [5.74, 6) is 20.2. The van der Waals surface area contributed by atoms with E-state index >= 15 is 0 Å². The van der Waals surface area contributed by atoms with Crippen LogP contribution in [0, 0.1) is 71.9 Å². The van der Waals surface area contributed by atoms with Gasteiger partial charge in [-0.1, -0.05) is 59.2 Å². The van der Waals surface area contributed by atoms with Crippen LogP contribution in [0.25, 0.3) is 0 Å². The van der Waals surface area contributed by atoms with Crippen molar-refractivity contribution in [3.05, 3.63) is 101 Å². The van der Waals surface area contributed by atoms with E-state index in [1.165, 1.54) is 18.3 Å². The highest BCUT2D eigenvalue weighted by Crippen LogP contribution is 2.40. The van der Waals surface area contributed by atoms with E-state index < -0.39 is 226 Å². The van der Waals surface area contributed by atoms with Crippen LogP contribution in [0.1, 0.15) is 36.8 Å². The predicted octanol–water partition coefficient (Wildman–Crippen LogP) is -12.0. The van der Waals surface area contributed by atoms with Crippen molar-refractivity contribution in [1.29, 1.82) is 0 Å². The second kappa shape index (κ2) is 36.4. The third-order valence-electron chi connectivity index (χ3n) is 16.2. The largest absolute Gasteiger partial charge is 0.394 e. The number of hydrogen-bond donors (Lipinski definition) is 20. The molecule has 10 rings (SSSR count). The number of halogens is 6. The number of nitrogen functional groups attached to an aromatic ring is 5. The highest BCUT2D eigenvalue weighted by Gasteiger charge is 2.59. The summed E-state index contributed by atoms with van der Waals surface area (Å²) in [6.07, 6.45) is -15.2. The molecule has 5 saturated heterocycles. The van der Waals surface area contributed by atoms with Crippen molar-refractivity contribution in [3.8, 4) is 59.2 Å². The van der Waals surface area contributed by atoms with Crippen molar-refractivity contribution < 1.29 is 101 Å². The Balaban J connectivity index is 0.000000209. The number of hydrogen-bond acceptors (Lipinski definition) is 37. The van der Waals surface area contributed by atoms with Crippen LogP contribution in [-0.4, -0.2) is 264 Å². The lowest BCUT2D eigenvalue weighted by atomic mass is 9.91. The number of ether oxygens (including phenoxy) is 5. The normalized spacial score (nSPS) is 31.4. The number of anilines is 5. The van der Waals surface area contributed by atoms with Gasteiger partial charge in [-0.25, -0.2) is 55.3 Å². The first-order valence-electron chi connectivity index (χ1n) is 30.6. The van der Waals surface area contributed by atoms with E-state index in [4.69, 9.17) is 91.2 Å². The van der Waals surface area contributed by atoms with Crippen molar-refractivity contribution in [2.75, 3.05) is 95.1 Å². The van der Waals surface area contributed by atoms with Crippen molar-refractivity contribution >= 4 is 29.2 Å². The van der Waals surface area contributed by atoms with E-state index in [1.54, 1.807) is 6.92 Å². The molecular weight excluding hydrogens is 1450 g/mol. The molecule has 5 aliphatic rings. The molecule has 0 amide bonds. The second-order valence-electron chi connectivity index (χ2n) is 23.1. The van der Waals surface area contributed by atoms with Gasteiger partial charge in [0.15, 0.2) is 70.5 Å². The first kappa shape index (κ1) is 85.8. The Kier molecular flexibility index (Phi) is 29.2. The Labute approximate surface area is 597 Å². The van der Waals surface area contributed by atoms with Crippen LogP contribution >= 0.6 is 0 Å². The maximum absolute atomic E-state index is 13.5. The van der Waals surface area contributed by atoms with Crippen LogP contribution < -0.4 is 85.8 Å². The number of nitrogens with two attached hydrogens (primary N) is 10. The summed E-state index contributed by atoms with van der Waals surface area (Å²) < 4.78 is 106.